The van der Waals surface area contributed by atoms with Gasteiger partial charge in [-0.1, -0.05) is 12.1 Å². The quantitative estimate of drug-likeness (QED) is 0.872. The number of nitrogens with one attached hydrogen (secondary N) is 1. The minimum Gasteiger partial charge on any atom is -0.342 e. The highest BCUT2D eigenvalue weighted by molar-refractivity contribution is 5.78. The van der Waals surface area contributed by atoms with Gasteiger partial charge in [0.15, 0.2) is 0 Å². The molecule has 0 aliphatic carbocycles. The normalized spacial score (nSPS) is 12.6. The van der Waals surface area contributed by atoms with Crippen LogP contribution < -0.4 is 5.32 Å². The zero-order valence-corrected chi connectivity index (χ0v) is 11.4. The summed E-state index contributed by atoms with van der Waals surface area (Å²) in [5.74, 6) is -0.194. The number of carbonyl (C=O) groups excluding carboxylic acids is 1. The van der Waals surface area contributed by atoms with E-state index in [9.17, 15) is 9.18 Å². The molecular weight excluding hydrogens is 231 g/mol. The van der Waals surface area contributed by atoms with Crippen molar-refractivity contribution in [3.63, 3.8) is 0 Å². The van der Waals surface area contributed by atoms with Crippen LogP contribution in [0.15, 0.2) is 24.3 Å². The molecular formula is C14H21FN2O. The van der Waals surface area contributed by atoms with E-state index in [0.29, 0.717) is 0 Å². The number of carbonyl (C=O) groups is 1. The van der Waals surface area contributed by atoms with Crippen molar-refractivity contribution in [2.45, 2.75) is 32.9 Å². The number of benzene rings is 1. The number of nitrogens with zero attached hydrogens (tertiary/aromatic N) is 1. The van der Waals surface area contributed by atoms with Gasteiger partial charge in [-0.05, 0) is 38.5 Å². The summed E-state index contributed by atoms with van der Waals surface area (Å²) in [4.78, 5) is 13.5. The van der Waals surface area contributed by atoms with Crippen LogP contribution in [-0.2, 0) is 4.79 Å². The summed E-state index contributed by atoms with van der Waals surface area (Å²) < 4.78 is 12.8. The van der Waals surface area contributed by atoms with Crippen molar-refractivity contribution in [1.82, 2.24) is 10.2 Å². The van der Waals surface area contributed by atoms with E-state index < -0.39 is 0 Å². The van der Waals surface area contributed by atoms with Crippen molar-refractivity contribution in [3.8, 4) is 0 Å². The number of hydrogen-bond acceptors (Lipinski definition) is 2. The zero-order chi connectivity index (χ0) is 13.7. The van der Waals surface area contributed by atoms with E-state index in [-0.39, 0.29) is 30.4 Å². The molecule has 18 heavy (non-hydrogen) atoms. The monoisotopic (exact) mass is 252 g/mol. The van der Waals surface area contributed by atoms with Crippen molar-refractivity contribution in [3.05, 3.63) is 35.6 Å². The van der Waals surface area contributed by atoms with Gasteiger partial charge in [0, 0.05) is 19.1 Å². The molecule has 0 bridgehead atoms. The van der Waals surface area contributed by atoms with E-state index in [1.807, 2.05) is 20.8 Å². The van der Waals surface area contributed by atoms with Gasteiger partial charge in [0.05, 0.1) is 6.54 Å². The van der Waals surface area contributed by atoms with Gasteiger partial charge in [0.2, 0.25) is 5.91 Å². The lowest BCUT2D eigenvalue weighted by Gasteiger charge is -2.23. The van der Waals surface area contributed by atoms with Gasteiger partial charge >= 0.3 is 0 Å². The highest BCUT2D eigenvalue weighted by Crippen LogP contribution is 2.12. The standard InChI is InChI=1S/C14H21FN2O/c1-10(2)17(4)14(18)9-16-11(3)12-5-7-13(15)8-6-12/h5-8,10-11,16H,9H2,1-4H3. The largest absolute Gasteiger partial charge is 0.342 e. The van der Waals surface area contributed by atoms with Crippen LogP contribution in [0.4, 0.5) is 4.39 Å². The number of rotatable bonds is 5. The van der Waals surface area contributed by atoms with E-state index >= 15 is 0 Å². The molecule has 4 heteroatoms. The lowest BCUT2D eigenvalue weighted by molar-refractivity contribution is -0.130. The van der Waals surface area contributed by atoms with Crippen molar-refractivity contribution in [2.75, 3.05) is 13.6 Å². The van der Waals surface area contributed by atoms with Crippen molar-refractivity contribution >= 4 is 5.91 Å². The predicted molar refractivity (Wildman–Crippen MR) is 70.7 cm³/mol. The maximum absolute atomic E-state index is 12.8. The average molecular weight is 252 g/mol. The van der Waals surface area contributed by atoms with E-state index in [4.69, 9.17) is 0 Å². The molecule has 1 atom stereocenters. The minimum absolute atomic E-state index is 0.0233. The molecule has 1 unspecified atom stereocenters. The van der Waals surface area contributed by atoms with Gasteiger partial charge in [0.1, 0.15) is 5.82 Å². The number of likely N-dealkylation sites (N-methyl/N-ethyl adjacent to an activating group) is 1. The highest BCUT2D eigenvalue weighted by Gasteiger charge is 2.13. The molecule has 0 fully saturated rings. The molecule has 3 nitrogen and oxygen atoms in total. The molecule has 1 rings (SSSR count). The van der Waals surface area contributed by atoms with E-state index in [1.165, 1.54) is 12.1 Å². The second-order valence-electron chi connectivity index (χ2n) is 4.75. The topological polar surface area (TPSA) is 32.3 Å². The number of hydrogen-bond donors (Lipinski definition) is 1. The van der Waals surface area contributed by atoms with Gasteiger partial charge < -0.3 is 10.2 Å². The van der Waals surface area contributed by atoms with Crippen LogP contribution in [0.5, 0.6) is 0 Å². The number of halogens is 1. The Hall–Kier alpha value is -1.42. The Morgan fingerprint density at radius 2 is 1.83 bits per heavy atom. The Morgan fingerprint density at radius 1 is 1.28 bits per heavy atom. The summed E-state index contributed by atoms with van der Waals surface area (Å²) in [5, 5.41) is 3.14. The molecule has 100 valence electrons. The third-order valence-corrected chi connectivity index (χ3v) is 3.10. The zero-order valence-electron chi connectivity index (χ0n) is 11.4. The van der Waals surface area contributed by atoms with E-state index in [2.05, 4.69) is 5.32 Å². The lowest BCUT2D eigenvalue weighted by atomic mass is 10.1. The Morgan fingerprint density at radius 3 is 2.33 bits per heavy atom. The first kappa shape index (κ1) is 14.6. The SMILES string of the molecule is CC(NCC(=O)N(C)C(C)C)c1ccc(F)cc1. The Labute approximate surface area is 108 Å². The molecule has 0 saturated heterocycles. The second kappa shape index (κ2) is 6.50. The minimum atomic E-state index is -0.249. The van der Waals surface area contributed by atoms with Gasteiger partial charge in [-0.25, -0.2) is 4.39 Å². The maximum Gasteiger partial charge on any atom is 0.236 e. The molecule has 0 heterocycles. The van der Waals surface area contributed by atoms with Gasteiger partial charge in [-0.3, -0.25) is 4.79 Å². The third-order valence-electron chi connectivity index (χ3n) is 3.10. The Balaban J connectivity index is 2.48. The molecule has 1 N–H and O–H groups in total. The van der Waals surface area contributed by atoms with Gasteiger partial charge in [-0.15, -0.1) is 0 Å². The maximum atomic E-state index is 12.8. The summed E-state index contributed by atoms with van der Waals surface area (Å²) in [6.45, 7) is 6.19. The fourth-order valence-corrected chi connectivity index (χ4v) is 1.52. The molecule has 0 spiro atoms. The molecule has 0 aromatic heterocycles. The fraction of sp³-hybridized carbons (Fsp3) is 0.500. The van der Waals surface area contributed by atoms with Crippen LogP contribution in [0, 0.1) is 5.82 Å². The van der Waals surface area contributed by atoms with Gasteiger partial charge in [0.25, 0.3) is 0 Å². The fourth-order valence-electron chi connectivity index (χ4n) is 1.52. The van der Waals surface area contributed by atoms with Crippen molar-refractivity contribution in [2.24, 2.45) is 0 Å². The van der Waals surface area contributed by atoms with Crippen LogP contribution in [0.1, 0.15) is 32.4 Å². The molecule has 1 aromatic carbocycles. The summed E-state index contributed by atoms with van der Waals surface area (Å²) in [6, 6.07) is 6.52. The highest BCUT2D eigenvalue weighted by atomic mass is 19.1. The average Bonchev–Trinajstić information content (AvgIpc) is 2.35. The molecule has 0 aliphatic rings. The van der Waals surface area contributed by atoms with Crippen LogP contribution in [0.2, 0.25) is 0 Å². The first-order valence-corrected chi connectivity index (χ1v) is 6.16. The smallest absolute Gasteiger partial charge is 0.236 e. The first-order chi connectivity index (χ1) is 8.41. The summed E-state index contributed by atoms with van der Waals surface area (Å²) in [5.41, 5.74) is 0.969. The van der Waals surface area contributed by atoms with Crippen LogP contribution in [0.25, 0.3) is 0 Å². The van der Waals surface area contributed by atoms with Crippen LogP contribution in [-0.4, -0.2) is 30.4 Å². The summed E-state index contributed by atoms with van der Waals surface area (Å²) in [7, 11) is 1.79. The first-order valence-electron chi connectivity index (χ1n) is 6.16. The third kappa shape index (κ3) is 4.11. The Bertz CT molecular complexity index is 389. The summed E-state index contributed by atoms with van der Waals surface area (Å²) in [6.07, 6.45) is 0. The van der Waals surface area contributed by atoms with Crippen molar-refractivity contribution < 1.29 is 9.18 Å². The predicted octanol–water partition coefficient (Wildman–Crippen LogP) is 2.34. The second-order valence-corrected chi connectivity index (χ2v) is 4.75. The molecule has 0 radical (unpaired) electrons. The van der Waals surface area contributed by atoms with Crippen LogP contribution in [0.3, 0.4) is 0 Å². The van der Waals surface area contributed by atoms with E-state index in [1.54, 1.807) is 24.1 Å². The molecule has 1 aromatic rings. The molecule has 0 saturated carbocycles. The van der Waals surface area contributed by atoms with E-state index in [0.717, 1.165) is 5.56 Å². The number of amides is 1. The molecule has 0 aliphatic heterocycles. The van der Waals surface area contributed by atoms with Gasteiger partial charge in [-0.2, -0.15) is 0 Å². The lowest BCUT2D eigenvalue weighted by Crippen LogP contribution is -2.40. The van der Waals surface area contributed by atoms with Crippen LogP contribution >= 0.6 is 0 Å². The summed E-state index contributed by atoms with van der Waals surface area (Å²) >= 11 is 0. The van der Waals surface area contributed by atoms with Crippen molar-refractivity contribution in [1.29, 1.82) is 0 Å². The molecule has 1 amide bonds. The Kier molecular flexibility index (Phi) is 5.28.